The lowest BCUT2D eigenvalue weighted by molar-refractivity contribution is 0.0983. The van der Waals surface area contributed by atoms with Crippen LogP contribution in [-0.2, 0) is 0 Å². The highest BCUT2D eigenvalue weighted by Gasteiger charge is 2.17. The predicted octanol–water partition coefficient (Wildman–Crippen LogP) is 2.03. The summed E-state index contributed by atoms with van der Waals surface area (Å²) >= 11 is 0. The van der Waals surface area contributed by atoms with Crippen molar-refractivity contribution < 1.29 is 4.79 Å². The van der Waals surface area contributed by atoms with E-state index in [4.69, 9.17) is 5.84 Å². The van der Waals surface area contributed by atoms with Crippen LogP contribution in [0.1, 0.15) is 17.4 Å². The van der Waals surface area contributed by atoms with E-state index >= 15 is 0 Å². The summed E-state index contributed by atoms with van der Waals surface area (Å²) in [5.41, 5.74) is 4.38. The number of rotatable bonds is 4. The summed E-state index contributed by atoms with van der Waals surface area (Å²) in [4.78, 5) is 18.2. The Morgan fingerprint density at radius 1 is 1.32 bits per heavy atom. The lowest BCUT2D eigenvalue weighted by atomic mass is 10.2. The standard InChI is InChI=1S/C14H16N4O/c1-2-18(12-6-4-3-5-7-12)14(19)13-10-11(17-15)8-9-16-13/h3-10H,2,15H2,1H3,(H,16,17). The average Bonchev–Trinajstić information content (AvgIpc) is 2.49. The van der Waals surface area contributed by atoms with Crippen molar-refractivity contribution in [1.82, 2.24) is 4.98 Å². The van der Waals surface area contributed by atoms with Crippen LogP contribution in [0.4, 0.5) is 11.4 Å². The second-order valence-electron chi connectivity index (χ2n) is 3.96. The molecule has 0 unspecified atom stereocenters. The van der Waals surface area contributed by atoms with Crippen molar-refractivity contribution in [2.75, 3.05) is 16.9 Å². The Hall–Kier alpha value is -2.40. The minimum absolute atomic E-state index is 0.147. The van der Waals surface area contributed by atoms with E-state index in [-0.39, 0.29) is 5.91 Å². The molecule has 0 spiro atoms. The molecule has 1 aromatic carbocycles. The van der Waals surface area contributed by atoms with Gasteiger partial charge in [0.25, 0.3) is 5.91 Å². The minimum atomic E-state index is -0.147. The van der Waals surface area contributed by atoms with Crippen molar-refractivity contribution in [3.8, 4) is 0 Å². The first-order valence-electron chi connectivity index (χ1n) is 6.06. The van der Waals surface area contributed by atoms with E-state index in [9.17, 15) is 4.79 Å². The van der Waals surface area contributed by atoms with Crippen molar-refractivity contribution in [3.63, 3.8) is 0 Å². The van der Waals surface area contributed by atoms with Crippen molar-refractivity contribution in [3.05, 3.63) is 54.4 Å². The van der Waals surface area contributed by atoms with Gasteiger partial charge in [0, 0.05) is 18.4 Å². The van der Waals surface area contributed by atoms with Crippen molar-refractivity contribution >= 4 is 17.3 Å². The third-order valence-electron chi connectivity index (χ3n) is 2.77. The molecule has 0 atom stereocenters. The summed E-state index contributed by atoms with van der Waals surface area (Å²) in [6.45, 7) is 2.50. The fourth-order valence-electron chi connectivity index (χ4n) is 1.83. The molecule has 2 aromatic rings. The number of amides is 1. The first-order chi connectivity index (χ1) is 9.26. The van der Waals surface area contributed by atoms with Gasteiger partial charge in [0.05, 0.1) is 5.69 Å². The Kier molecular flexibility index (Phi) is 4.10. The fourth-order valence-corrected chi connectivity index (χ4v) is 1.83. The molecule has 0 saturated heterocycles. The number of nitrogens with zero attached hydrogens (tertiary/aromatic N) is 2. The Bertz CT molecular complexity index is 556. The molecule has 1 amide bonds. The number of nitrogen functional groups attached to an aromatic ring is 1. The van der Waals surface area contributed by atoms with Crippen LogP contribution in [-0.4, -0.2) is 17.4 Å². The number of hydrogen-bond donors (Lipinski definition) is 2. The van der Waals surface area contributed by atoms with Gasteiger partial charge in [-0.3, -0.25) is 15.6 Å². The maximum Gasteiger partial charge on any atom is 0.276 e. The summed E-state index contributed by atoms with van der Waals surface area (Å²) in [5.74, 6) is 5.19. The largest absolute Gasteiger partial charge is 0.324 e. The molecule has 0 fully saturated rings. The summed E-state index contributed by atoms with van der Waals surface area (Å²) in [6.07, 6.45) is 1.56. The number of para-hydroxylation sites is 1. The second kappa shape index (κ2) is 5.97. The molecule has 0 radical (unpaired) electrons. The molecule has 3 N–H and O–H groups in total. The summed E-state index contributed by atoms with van der Waals surface area (Å²) in [7, 11) is 0. The highest BCUT2D eigenvalue weighted by Crippen LogP contribution is 2.16. The number of hydrazine groups is 1. The molecule has 0 aliphatic carbocycles. The topological polar surface area (TPSA) is 71.2 Å². The lowest BCUT2D eigenvalue weighted by Crippen LogP contribution is -2.31. The van der Waals surface area contributed by atoms with Crippen molar-refractivity contribution in [1.29, 1.82) is 0 Å². The van der Waals surface area contributed by atoms with Crippen LogP contribution in [0.25, 0.3) is 0 Å². The molecule has 1 aromatic heterocycles. The van der Waals surface area contributed by atoms with E-state index in [0.29, 0.717) is 17.9 Å². The first kappa shape index (κ1) is 13.0. The molecule has 19 heavy (non-hydrogen) atoms. The zero-order valence-electron chi connectivity index (χ0n) is 10.7. The molecule has 0 aliphatic heterocycles. The van der Waals surface area contributed by atoms with E-state index in [1.165, 1.54) is 0 Å². The highest BCUT2D eigenvalue weighted by molar-refractivity contribution is 6.05. The molecule has 2 rings (SSSR count). The zero-order valence-corrected chi connectivity index (χ0v) is 10.7. The van der Waals surface area contributed by atoms with Crippen molar-refractivity contribution in [2.24, 2.45) is 5.84 Å². The number of carbonyl (C=O) groups excluding carboxylic acids is 1. The van der Waals surface area contributed by atoms with Gasteiger partial charge in [-0.25, -0.2) is 0 Å². The smallest absolute Gasteiger partial charge is 0.276 e. The van der Waals surface area contributed by atoms with Crippen LogP contribution in [0.15, 0.2) is 48.7 Å². The van der Waals surface area contributed by atoms with E-state index < -0.39 is 0 Å². The Morgan fingerprint density at radius 2 is 2.05 bits per heavy atom. The van der Waals surface area contributed by atoms with Gasteiger partial charge in [-0.05, 0) is 31.2 Å². The van der Waals surface area contributed by atoms with Gasteiger partial charge in [0.2, 0.25) is 0 Å². The second-order valence-corrected chi connectivity index (χ2v) is 3.96. The number of benzene rings is 1. The Labute approximate surface area is 112 Å². The molecule has 5 heteroatoms. The van der Waals surface area contributed by atoms with Crippen LogP contribution >= 0.6 is 0 Å². The minimum Gasteiger partial charge on any atom is -0.324 e. The summed E-state index contributed by atoms with van der Waals surface area (Å²) in [5, 5.41) is 0. The monoisotopic (exact) mass is 256 g/mol. The summed E-state index contributed by atoms with van der Waals surface area (Å²) in [6, 6.07) is 12.8. The third-order valence-corrected chi connectivity index (χ3v) is 2.77. The van der Waals surface area contributed by atoms with Crippen LogP contribution in [0.5, 0.6) is 0 Å². The normalized spacial score (nSPS) is 10.0. The van der Waals surface area contributed by atoms with Gasteiger partial charge >= 0.3 is 0 Å². The van der Waals surface area contributed by atoms with Crippen LogP contribution in [0, 0.1) is 0 Å². The summed E-state index contributed by atoms with van der Waals surface area (Å²) < 4.78 is 0. The average molecular weight is 256 g/mol. The number of carbonyl (C=O) groups is 1. The van der Waals surface area contributed by atoms with Crippen molar-refractivity contribution in [2.45, 2.75) is 6.92 Å². The number of nitrogens with one attached hydrogen (secondary N) is 1. The molecular formula is C14H16N4O. The maximum atomic E-state index is 12.4. The quantitative estimate of drug-likeness (QED) is 0.648. The number of anilines is 2. The van der Waals surface area contributed by atoms with E-state index in [1.807, 2.05) is 37.3 Å². The van der Waals surface area contributed by atoms with Crippen LogP contribution < -0.4 is 16.2 Å². The third kappa shape index (κ3) is 2.89. The highest BCUT2D eigenvalue weighted by atomic mass is 16.2. The molecular weight excluding hydrogens is 240 g/mol. The number of nitrogens with two attached hydrogens (primary N) is 1. The van der Waals surface area contributed by atoms with E-state index in [2.05, 4.69) is 10.4 Å². The fraction of sp³-hybridized carbons (Fsp3) is 0.143. The Morgan fingerprint density at radius 3 is 2.68 bits per heavy atom. The van der Waals surface area contributed by atoms with Crippen LogP contribution in [0.3, 0.4) is 0 Å². The van der Waals surface area contributed by atoms with Gasteiger partial charge in [-0.2, -0.15) is 0 Å². The van der Waals surface area contributed by atoms with Gasteiger partial charge in [-0.15, -0.1) is 0 Å². The van der Waals surface area contributed by atoms with Gasteiger partial charge < -0.3 is 10.3 Å². The molecule has 0 saturated carbocycles. The molecule has 1 heterocycles. The SMILES string of the molecule is CCN(C(=O)c1cc(NN)ccn1)c1ccccc1. The van der Waals surface area contributed by atoms with E-state index in [1.54, 1.807) is 23.2 Å². The number of aromatic nitrogens is 1. The Balaban J connectivity index is 2.30. The zero-order chi connectivity index (χ0) is 13.7. The molecule has 98 valence electrons. The van der Waals surface area contributed by atoms with Gasteiger partial charge in [0.15, 0.2) is 0 Å². The molecule has 5 nitrogen and oxygen atoms in total. The van der Waals surface area contributed by atoms with E-state index in [0.717, 1.165) is 5.69 Å². The lowest BCUT2D eigenvalue weighted by Gasteiger charge is -2.20. The van der Waals surface area contributed by atoms with Crippen LogP contribution in [0.2, 0.25) is 0 Å². The number of pyridine rings is 1. The first-order valence-corrected chi connectivity index (χ1v) is 6.06. The molecule has 0 aliphatic rings. The maximum absolute atomic E-state index is 12.4. The number of hydrogen-bond acceptors (Lipinski definition) is 4. The molecule has 0 bridgehead atoms. The van der Waals surface area contributed by atoms with Gasteiger partial charge in [0.1, 0.15) is 5.69 Å². The van der Waals surface area contributed by atoms with Gasteiger partial charge in [-0.1, -0.05) is 18.2 Å². The predicted molar refractivity (Wildman–Crippen MR) is 75.8 cm³/mol.